The van der Waals surface area contributed by atoms with Gasteiger partial charge in [-0.15, -0.1) is 12.4 Å². The summed E-state index contributed by atoms with van der Waals surface area (Å²) < 4.78 is 68.1. The number of nitrogens with one attached hydrogen (secondary N) is 1. The third kappa shape index (κ3) is 5.25. The first-order valence-electron chi connectivity index (χ1n) is 12.2. The van der Waals surface area contributed by atoms with Crippen LogP contribution in [0, 0.1) is 17.6 Å². The molecule has 0 aliphatic carbocycles. The summed E-state index contributed by atoms with van der Waals surface area (Å²) in [5.74, 6) is -1.48. The van der Waals surface area contributed by atoms with Crippen molar-refractivity contribution in [2.75, 3.05) is 32.1 Å². The Morgan fingerprint density at radius 2 is 1.86 bits per heavy atom. The summed E-state index contributed by atoms with van der Waals surface area (Å²) in [6, 6.07) is 9.59. The highest BCUT2D eigenvalue weighted by atomic mass is 35.5. The molecule has 198 valence electrons. The molecule has 3 aliphatic rings. The van der Waals surface area contributed by atoms with Gasteiger partial charge in [0.1, 0.15) is 5.82 Å². The van der Waals surface area contributed by atoms with Gasteiger partial charge in [-0.2, -0.15) is 0 Å². The zero-order chi connectivity index (χ0) is 24.6. The van der Waals surface area contributed by atoms with Crippen LogP contribution in [0.1, 0.15) is 36.8 Å². The third-order valence-electron chi connectivity index (χ3n) is 7.88. The van der Waals surface area contributed by atoms with E-state index in [9.17, 15) is 12.8 Å². The summed E-state index contributed by atoms with van der Waals surface area (Å²) in [5.41, 5.74) is 0.390. The molecular formula is C26H31Cl2F2NO4S. The predicted molar refractivity (Wildman–Crippen MR) is 138 cm³/mol. The number of hydrogen-bond acceptors (Lipinski definition) is 5. The molecule has 5 nitrogen and oxygen atoms in total. The first-order valence-corrected chi connectivity index (χ1v) is 14.3. The van der Waals surface area contributed by atoms with E-state index in [2.05, 4.69) is 5.32 Å². The lowest BCUT2D eigenvalue weighted by Gasteiger charge is -2.51. The Balaban J connectivity index is 0.00000304. The second-order valence-corrected chi connectivity index (χ2v) is 12.7. The third-order valence-corrected chi connectivity index (χ3v) is 10.4. The van der Waals surface area contributed by atoms with Crippen molar-refractivity contribution in [3.05, 3.63) is 64.2 Å². The van der Waals surface area contributed by atoms with Crippen molar-refractivity contribution in [3.63, 3.8) is 0 Å². The Morgan fingerprint density at radius 3 is 2.58 bits per heavy atom. The molecule has 0 aromatic heterocycles. The van der Waals surface area contributed by atoms with Crippen molar-refractivity contribution < 1.29 is 26.7 Å². The number of ether oxygens (including phenoxy) is 2. The van der Waals surface area contributed by atoms with E-state index in [1.165, 1.54) is 0 Å². The molecule has 10 heteroatoms. The number of sulfone groups is 1. The van der Waals surface area contributed by atoms with Gasteiger partial charge in [0.15, 0.2) is 21.4 Å². The summed E-state index contributed by atoms with van der Waals surface area (Å²) in [4.78, 5) is 0. The fraction of sp³-hybridized carbons (Fsp3) is 0.538. The summed E-state index contributed by atoms with van der Waals surface area (Å²) >= 11 is 6.08. The number of fused-ring (bicyclic) bond motifs is 3. The van der Waals surface area contributed by atoms with Crippen LogP contribution in [0.15, 0.2) is 36.4 Å². The Labute approximate surface area is 222 Å². The van der Waals surface area contributed by atoms with Crippen LogP contribution in [0.25, 0.3) is 0 Å². The molecule has 0 bridgehead atoms. The molecule has 0 amide bonds. The summed E-state index contributed by atoms with van der Waals surface area (Å²) in [5, 5.41) is 3.37. The molecule has 0 spiro atoms. The molecule has 3 heterocycles. The van der Waals surface area contributed by atoms with Gasteiger partial charge in [0.2, 0.25) is 0 Å². The number of benzene rings is 2. The summed E-state index contributed by atoms with van der Waals surface area (Å²) in [6.07, 6.45) is 2.27. The van der Waals surface area contributed by atoms with Crippen molar-refractivity contribution >= 4 is 33.8 Å². The van der Waals surface area contributed by atoms with Gasteiger partial charge in [0, 0.05) is 35.1 Å². The number of piperidine rings is 1. The van der Waals surface area contributed by atoms with Gasteiger partial charge in [-0.25, -0.2) is 17.2 Å². The van der Waals surface area contributed by atoms with Gasteiger partial charge in [-0.3, -0.25) is 0 Å². The highest BCUT2D eigenvalue weighted by Crippen LogP contribution is 2.52. The second-order valence-electron chi connectivity index (χ2n) is 9.89. The van der Waals surface area contributed by atoms with Crippen LogP contribution in [0.3, 0.4) is 0 Å². The predicted octanol–water partition coefficient (Wildman–Crippen LogP) is 4.87. The molecular weight excluding hydrogens is 531 g/mol. The monoisotopic (exact) mass is 561 g/mol. The molecule has 36 heavy (non-hydrogen) atoms. The van der Waals surface area contributed by atoms with Gasteiger partial charge in [0.05, 0.1) is 23.7 Å². The Hall–Kier alpha value is -1.45. The highest BCUT2D eigenvalue weighted by molar-refractivity contribution is 7.92. The van der Waals surface area contributed by atoms with Crippen molar-refractivity contribution in [1.82, 2.24) is 5.32 Å². The zero-order valence-electron chi connectivity index (χ0n) is 19.9. The zero-order valence-corrected chi connectivity index (χ0v) is 22.2. The minimum absolute atomic E-state index is 0. The van der Waals surface area contributed by atoms with E-state index in [4.69, 9.17) is 21.1 Å². The van der Waals surface area contributed by atoms with Gasteiger partial charge < -0.3 is 14.8 Å². The number of halogens is 4. The second kappa shape index (κ2) is 11.1. The van der Waals surface area contributed by atoms with E-state index >= 15 is 4.39 Å². The van der Waals surface area contributed by atoms with Crippen molar-refractivity contribution in [2.45, 2.75) is 48.9 Å². The molecule has 3 aliphatic heterocycles. The maximum absolute atomic E-state index is 15.4. The first kappa shape index (κ1) is 27.6. The lowest BCUT2D eigenvalue weighted by atomic mass is 9.60. The van der Waals surface area contributed by atoms with Crippen molar-refractivity contribution in [1.29, 1.82) is 0 Å². The van der Waals surface area contributed by atoms with Gasteiger partial charge in [-0.05, 0) is 68.5 Å². The topological polar surface area (TPSA) is 64.6 Å². The lowest BCUT2D eigenvalue weighted by molar-refractivity contribution is -0.0963. The van der Waals surface area contributed by atoms with Gasteiger partial charge in [0.25, 0.3) is 0 Å². The molecule has 4 atom stereocenters. The van der Waals surface area contributed by atoms with E-state index in [0.717, 1.165) is 30.7 Å². The average Bonchev–Trinajstić information content (AvgIpc) is 2.86. The average molecular weight is 563 g/mol. The minimum Gasteiger partial charge on any atom is -0.490 e. The van der Waals surface area contributed by atoms with E-state index in [1.54, 1.807) is 12.1 Å². The van der Waals surface area contributed by atoms with Crippen LogP contribution in [0.2, 0.25) is 5.02 Å². The molecule has 2 aromatic carbocycles. The molecule has 5 rings (SSSR count). The fourth-order valence-corrected chi connectivity index (χ4v) is 7.99. The maximum atomic E-state index is 15.4. The Bertz CT molecular complexity index is 1180. The van der Waals surface area contributed by atoms with Crippen LogP contribution >= 0.6 is 24.0 Å². The molecule has 2 fully saturated rings. The first-order chi connectivity index (χ1) is 16.8. The van der Waals surface area contributed by atoms with Crippen LogP contribution in [-0.2, 0) is 26.4 Å². The van der Waals surface area contributed by atoms with E-state index < -0.39 is 38.2 Å². The largest absolute Gasteiger partial charge is 0.490 e. The molecule has 2 saturated heterocycles. The van der Waals surface area contributed by atoms with Crippen LogP contribution < -0.4 is 10.1 Å². The number of hydrogen-bond donors (Lipinski definition) is 1. The minimum atomic E-state index is -3.31. The van der Waals surface area contributed by atoms with E-state index in [0.29, 0.717) is 43.9 Å². The Morgan fingerprint density at radius 1 is 1.11 bits per heavy atom. The SMILES string of the molecule is Cl.O=S(=O)(CC[C@@H]1OCC[C@@]2(Cc3ccc(Cl)cc3)c3c(F)ccc(F)c3OC[C@@H]12)[C@@H]1CCCNC1. The van der Waals surface area contributed by atoms with E-state index in [-0.39, 0.29) is 42.0 Å². The molecule has 1 N–H and O–H groups in total. The van der Waals surface area contributed by atoms with Crippen LogP contribution in [0.5, 0.6) is 5.75 Å². The van der Waals surface area contributed by atoms with Crippen molar-refractivity contribution in [3.8, 4) is 5.75 Å². The maximum Gasteiger partial charge on any atom is 0.165 e. The fourth-order valence-electron chi connectivity index (χ4n) is 6.07. The normalized spacial score (nSPS) is 27.8. The standard InChI is InChI=1S/C26H30ClF2NO4S.ClH/c27-18-5-3-17(4-6-18)14-26-10-12-33-23(9-13-35(31,32)19-2-1-11-30-15-19)20(26)16-34-25-22(29)8-7-21(28)24(25)26;/h3-8,19-20,23,30H,1-2,9-16H2;1H/t19-,20+,23+,26+;/m1./s1. The number of rotatable bonds is 6. The van der Waals surface area contributed by atoms with Crippen molar-refractivity contribution in [2.24, 2.45) is 5.92 Å². The Kier molecular flexibility index (Phi) is 8.52. The molecule has 0 unspecified atom stereocenters. The smallest absolute Gasteiger partial charge is 0.165 e. The molecule has 0 radical (unpaired) electrons. The summed E-state index contributed by atoms with van der Waals surface area (Å²) in [6.45, 7) is 1.77. The van der Waals surface area contributed by atoms with Crippen LogP contribution in [0.4, 0.5) is 8.78 Å². The highest BCUT2D eigenvalue weighted by Gasteiger charge is 2.53. The lowest BCUT2D eigenvalue weighted by Crippen LogP contribution is -2.55. The van der Waals surface area contributed by atoms with Crippen LogP contribution in [-0.4, -0.2) is 51.8 Å². The van der Waals surface area contributed by atoms with E-state index in [1.807, 2.05) is 12.1 Å². The summed E-state index contributed by atoms with van der Waals surface area (Å²) in [7, 11) is -3.31. The quantitative estimate of drug-likeness (QED) is 0.544. The molecule has 2 aromatic rings. The van der Waals surface area contributed by atoms with Gasteiger partial charge >= 0.3 is 0 Å². The van der Waals surface area contributed by atoms with Gasteiger partial charge in [-0.1, -0.05) is 23.7 Å². The molecule has 0 saturated carbocycles.